The van der Waals surface area contributed by atoms with E-state index >= 15 is 0 Å². The van der Waals surface area contributed by atoms with E-state index in [2.05, 4.69) is 33.5 Å². The van der Waals surface area contributed by atoms with E-state index < -0.39 is 9.84 Å². The summed E-state index contributed by atoms with van der Waals surface area (Å²) in [5.74, 6) is 2.46. The second kappa shape index (κ2) is 6.22. The van der Waals surface area contributed by atoms with Crippen molar-refractivity contribution >= 4 is 9.84 Å². The van der Waals surface area contributed by atoms with E-state index in [4.69, 9.17) is 0 Å². The zero-order valence-electron chi connectivity index (χ0n) is 12.5. The highest BCUT2D eigenvalue weighted by Gasteiger charge is 2.32. The first-order valence-electron chi connectivity index (χ1n) is 7.30. The Hall–Kier alpha value is -0.950. The largest absolute Gasteiger partial charge is 0.314 e. The van der Waals surface area contributed by atoms with Gasteiger partial charge < -0.3 is 4.57 Å². The second-order valence-corrected chi connectivity index (χ2v) is 7.66. The van der Waals surface area contributed by atoms with Crippen LogP contribution in [-0.2, 0) is 22.9 Å². The number of nitrogens with zero attached hydrogens (tertiary/aromatic N) is 4. The molecule has 114 valence electrons. The molecule has 0 saturated carbocycles. The molecule has 1 aromatic heterocycles. The molecule has 1 fully saturated rings. The molecule has 6 nitrogen and oxygen atoms in total. The van der Waals surface area contributed by atoms with E-state index in [1.54, 1.807) is 0 Å². The Bertz CT molecular complexity index is 553. The predicted molar refractivity (Wildman–Crippen MR) is 78.2 cm³/mol. The number of aromatic nitrogens is 3. The van der Waals surface area contributed by atoms with Crippen molar-refractivity contribution in [2.45, 2.75) is 52.7 Å². The average Bonchev–Trinajstić information content (AvgIpc) is 2.92. The maximum absolute atomic E-state index is 11.6. The van der Waals surface area contributed by atoms with Crippen LogP contribution in [0.5, 0.6) is 0 Å². The summed E-state index contributed by atoms with van der Waals surface area (Å²) < 4.78 is 25.4. The molecule has 1 atom stereocenters. The molecule has 0 spiro atoms. The lowest BCUT2D eigenvalue weighted by Crippen LogP contribution is -2.36. The standard InChI is InChI=1S/C13H24N4O2S/c1-4-7-17-11(3)14-15-13(17)9-16(5-2)12-6-8-20(18,19)10-12/h12H,4-10H2,1-3H3. The first-order valence-corrected chi connectivity index (χ1v) is 9.12. The Morgan fingerprint density at radius 2 is 2.10 bits per heavy atom. The van der Waals surface area contributed by atoms with Gasteiger partial charge in [0.1, 0.15) is 11.6 Å². The maximum atomic E-state index is 11.6. The van der Waals surface area contributed by atoms with Crippen LogP contribution in [0.2, 0.25) is 0 Å². The Kier molecular flexibility index (Phi) is 4.80. The van der Waals surface area contributed by atoms with E-state index in [9.17, 15) is 8.42 Å². The van der Waals surface area contributed by atoms with E-state index in [-0.39, 0.29) is 11.8 Å². The average molecular weight is 300 g/mol. The topological polar surface area (TPSA) is 68.1 Å². The zero-order valence-corrected chi connectivity index (χ0v) is 13.4. The Morgan fingerprint density at radius 3 is 2.65 bits per heavy atom. The third-order valence-electron chi connectivity index (χ3n) is 3.94. The number of rotatable bonds is 6. The van der Waals surface area contributed by atoms with Crippen LogP contribution in [0.15, 0.2) is 0 Å². The molecule has 0 radical (unpaired) electrons. The van der Waals surface area contributed by atoms with Gasteiger partial charge in [0.15, 0.2) is 9.84 Å². The minimum atomic E-state index is -2.84. The molecule has 1 aromatic rings. The van der Waals surface area contributed by atoms with Gasteiger partial charge in [-0.05, 0) is 26.3 Å². The predicted octanol–water partition coefficient (Wildman–Crippen LogP) is 1.01. The maximum Gasteiger partial charge on any atom is 0.151 e. The fraction of sp³-hybridized carbons (Fsp3) is 0.846. The van der Waals surface area contributed by atoms with Crippen LogP contribution in [-0.4, -0.2) is 52.2 Å². The third kappa shape index (κ3) is 3.38. The van der Waals surface area contributed by atoms with Gasteiger partial charge in [0.25, 0.3) is 0 Å². The van der Waals surface area contributed by atoms with Crippen molar-refractivity contribution in [3.05, 3.63) is 11.6 Å². The zero-order chi connectivity index (χ0) is 14.8. The summed E-state index contributed by atoms with van der Waals surface area (Å²) >= 11 is 0. The van der Waals surface area contributed by atoms with Gasteiger partial charge in [-0.3, -0.25) is 4.90 Å². The monoisotopic (exact) mass is 300 g/mol. The van der Waals surface area contributed by atoms with Crippen LogP contribution in [0.1, 0.15) is 38.3 Å². The molecule has 1 saturated heterocycles. The minimum absolute atomic E-state index is 0.122. The molecule has 1 aliphatic heterocycles. The molecule has 0 aromatic carbocycles. The smallest absolute Gasteiger partial charge is 0.151 e. The van der Waals surface area contributed by atoms with Crippen molar-refractivity contribution in [1.82, 2.24) is 19.7 Å². The molecule has 7 heteroatoms. The van der Waals surface area contributed by atoms with Gasteiger partial charge >= 0.3 is 0 Å². The third-order valence-corrected chi connectivity index (χ3v) is 5.69. The van der Waals surface area contributed by atoms with Crippen molar-refractivity contribution in [1.29, 1.82) is 0 Å². The number of hydrogen-bond donors (Lipinski definition) is 0. The van der Waals surface area contributed by atoms with Crippen molar-refractivity contribution in [2.75, 3.05) is 18.1 Å². The summed E-state index contributed by atoms with van der Waals surface area (Å²) in [6.07, 6.45) is 1.77. The quantitative estimate of drug-likeness (QED) is 0.784. The molecule has 2 rings (SSSR count). The Morgan fingerprint density at radius 1 is 1.35 bits per heavy atom. The summed E-state index contributed by atoms with van der Waals surface area (Å²) in [5.41, 5.74) is 0. The number of aryl methyl sites for hydroxylation is 1. The lowest BCUT2D eigenvalue weighted by atomic mass is 10.2. The molecule has 0 amide bonds. The van der Waals surface area contributed by atoms with Gasteiger partial charge in [-0.25, -0.2) is 8.42 Å². The highest BCUT2D eigenvalue weighted by molar-refractivity contribution is 7.91. The van der Waals surface area contributed by atoms with Crippen LogP contribution < -0.4 is 0 Å². The van der Waals surface area contributed by atoms with E-state index in [0.29, 0.717) is 12.3 Å². The SMILES string of the molecule is CCCn1c(C)nnc1CN(CC)C1CCS(=O)(=O)C1. The molecule has 1 unspecified atom stereocenters. The summed E-state index contributed by atoms with van der Waals surface area (Å²) in [6, 6.07) is 0.122. The van der Waals surface area contributed by atoms with Gasteiger partial charge in [0, 0.05) is 12.6 Å². The fourth-order valence-corrected chi connectivity index (χ4v) is 4.56. The second-order valence-electron chi connectivity index (χ2n) is 5.44. The summed E-state index contributed by atoms with van der Waals surface area (Å²) in [4.78, 5) is 2.21. The van der Waals surface area contributed by atoms with Gasteiger partial charge in [0.05, 0.1) is 18.1 Å². The molecule has 2 heterocycles. The number of hydrogen-bond acceptors (Lipinski definition) is 5. The molecular weight excluding hydrogens is 276 g/mol. The van der Waals surface area contributed by atoms with E-state index in [1.165, 1.54) is 0 Å². The van der Waals surface area contributed by atoms with E-state index in [1.807, 2.05) is 6.92 Å². The van der Waals surface area contributed by atoms with Crippen LogP contribution in [0.4, 0.5) is 0 Å². The fourth-order valence-electron chi connectivity index (χ4n) is 2.80. The van der Waals surface area contributed by atoms with Crippen molar-refractivity contribution in [3.8, 4) is 0 Å². The highest BCUT2D eigenvalue weighted by atomic mass is 32.2. The van der Waals surface area contributed by atoms with Crippen LogP contribution >= 0.6 is 0 Å². The molecule has 1 aliphatic rings. The van der Waals surface area contributed by atoms with Crippen molar-refractivity contribution < 1.29 is 8.42 Å². The lowest BCUT2D eigenvalue weighted by molar-refractivity contribution is 0.206. The molecular formula is C13H24N4O2S. The van der Waals surface area contributed by atoms with Crippen LogP contribution in [0, 0.1) is 6.92 Å². The van der Waals surface area contributed by atoms with Crippen molar-refractivity contribution in [3.63, 3.8) is 0 Å². The summed E-state index contributed by atoms with van der Waals surface area (Å²) in [5, 5.41) is 8.40. The van der Waals surface area contributed by atoms with Gasteiger partial charge in [-0.15, -0.1) is 10.2 Å². The Labute approximate surface area is 121 Å². The molecule has 0 aliphatic carbocycles. The van der Waals surface area contributed by atoms with Gasteiger partial charge in [-0.1, -0.05) is 13.8 Å². The van der Waals surface area contributed by atoms with Gasteiger partial charge in [-0.2, -0.15) is 0 Å². The minimum Gasteiger partial charge on any atom is -0.314 e. The van der Waals surface area contributed by atoms with Crippen LogP contribution in [0.25, 0.3) is 0 Å². The molecule has 0 N–H and O–H groups in total. The normalized spacial score (nSPS) is 21.7. The summed E-state index contributed by atoms with van der Waals surface area (Å²) in [7, 11) is -2.84. The number of sulfone groups is 1. The molecule has 0 bridgehead atoms. The first kappa shape index (κ1) is 15.4. The van der Waals surface area contributed by atoms with Crippen LogP contribution in [0.3, 0.4) is 0 Å². The first-order chi connectivity index (χ1) is 9.46. The molecule has 20 heavy (non-hydrogen) atoms. The summed E-state index contributed by atoms with van der Waals surface area (Å²) in [6.45, 7) is 8.58. The lowest BCUT2D eigenvalue weighted by Gasteiger charge is -2.26. The highest BCUT2D eigenvalue weighted by Crippen LogP contribution is 2.19. The van der Waals surface area contributed by atoms with E-state index in [0.717, 1.165) is 37.6 Å². The van der Waals surface area contributed by atoms with Crippen molar-refractivity contribution in [2.24, 2.45) is 0 Å². The van der Waals surface area contributed by atoms with Gasteiger partial charge in [0.2, 0.25) is 0 Å². The Balaban J connectivity index is 2.11.